The fourth-order valence-corrected chi connectivity index (χ4v) is 3.88. The van der Waals surface area contributed by atoms with E-state index < -0.39 is 0 Å². The first-order chi connectivity index (χ1) is 10.9. The van der Waals surface area contributed by atoms with Crippen molar-refractivity contribution in [2.45, 2.75) is 38.0 Å². The first kappa shape index (κ1) is 12.3. The average molecular weight is 290 g/mol. The smallest absolute Gasteiger partial charge is 0.137 e. The van der Waals surface area contributed by atoms with Crippen LogP contribution in [-0.2, 0) is 0 Å². The standard InChI is InChI=1S/C19H18N2O/c1-2-6-12(7-3-1)19-20-14-10-11-16-17(18(14)21-19)13-8-4-5-9-15(13)22-16/h4-5,8-12H,1-3,6-7H2,(H,20,21). The predicted octanol–water partition coefficient (Wildman–Crippen LogP) is 5.51. The molecular formula is C19H18N2O. The fourth-order valence-electron chi connectivity index (χ4n) is 3.88. The number of imidazole rings is 1. The van der Waals surface area contributed by atoms with Crippen molar-refractivity contribution in [3.05, 3.63) is 42.2 Å². The minimum atomic E-state index is 0.592. The molecule has 4 aromatic rings. The second kappa shape index (κ2) is 4.60. The second-order valence-electron chi connectivity index (χ2n) is 6.39. The molecule has 5 rings (SSSR count). The van der Waals surface area contributed by atoms with Crippen LogP contribution >= 0.6 is 0 Å². The molecule has 22 heavy (non-hydrogen) atoms. The van der Waals surface area contributed by atoms with Crippen LogP contribution in [-0.4, -0.2) is 9.97 Å². The van der Waals surface area contributed by atoms with Crippen molar-refractivity contribution in [1.82, 2.24) is 9.97 Å². The van der Waals surface area contributed by atoms with Gasteiger partial charge in [-0.15, -0.1) is 0 Å². The topological polar surface area (TPSA) is 41.8 Å². The Morgan fingerprint density at radius 2 is 1.82 bits per heavy atom. The van der Waals surface area contributed by atoms with Gasteiger partial charge in [-0.05, 0) is 31.0 Å². The minimum Gasteiger partial charge on any atom is -0.456 e. The summed E-state index contributed by atoms with van der Waals surface area (Å²) in [4.78, 5) is 8.49. The maximum absolute atomic E-state index is 5.97. The fraction of sp³-hybridized carbons (Fsp3) is 0.316. The molecule has 1 N–H and O–H groups in total. The third-order valence-corrected chi connectivity index (χ3v) is 5.01. The van der Waals surface area contributed by atoms with Crippen LogP contribution in [0.2, 0.25) is 0 Å². The molecule has 1 saturated carbocycles. The highest BCUT2D eigenvalue weighted by Crippen LogP contribution is 2.36. The van der Waals surface area contributed by atoms with Crippen molar-refractivity contribution in [3.63, 3.8) is 0 Å². The quantitative estimate of drug-likeness (QED) is 0.502. The van der Waals surface area contributed by atoms with Crippen LogP contribution in [0.4, 0.5) is 0 Å². The Balaban J connectivity index is 1.78. The van der Waals surface area contributed by atoms with Crippen LogP contribution in [0.15, 0.2) is 40.8 Å². The normalized spacial score (nSPS) is 16.9. The van der Waals surface area contributed by atoms with Crippen molar-refractivity contribution >= 4 is 33.0 Å². The highest BCUT2D eigenvalue weighted by molar-refractivity contribution is 6.16. The zero-order chi connectivity index (χ0) is 14.5. The van der Waals surface area contributed by atoms with Crippen molar-refractivity contribution < 1.29 is 4.42 Å². The van der Waals surface area contributed by atoms with Gasteiger partial charge in [-0.2, -0.15) is 0 Å². The van der Waals surface area contributed by atoms with E-state index in [1.807, 2.05) is 18.2 Å². The Hall–Kier alpha value is -2.29. The van der Waals surface area contributed by atoms with Crippen LogP contribution < -0.4 is 0 Å². The molecule has 0 spiro atoms. The highest BCUT2D eigenvalue weighted by atomic mass is 16.3. The molecule has 110 valence electrons. The van der Waals surface area contributed by atoms with E-state index in [9.17, 15) is 0 Å². The molecule has 2 aromatic heterocycles. The number of aromatic amines is 1. The molecule has 1 aliphatic rings. The summed E-state index contributed by atoms with van der Waals surface area (Å²) >= 11 is 0. The summed E-state index contributed by atoms with van der Waals surface area (Å²) in [6.45, 7) is 0. The molecule has 0 aliphatic heterocycles. The summed E-state index contributed by atoms with van der Waals surface area (Å²) < 4.78 is 5.97. The van der Waals surface area contributed by atoms with Gasteiger partial charge in [0, 0.05) is 11.3 Å². The Kier molecular flexibility index (Phi) is 2.57. The van der Waals surface area contributed by atoms with Crippen molar-refractivity contribution in [2.75, 3.05) is 0 Å². The van der Waals surface area contributed by atoms with Gasteiger partial charge in [-0.3, -0.25) is 0 Å². The van der Waals surface area contributed by atoms with Crippen molar-refractivity contribution in [2.24, 2.45) is 0 Å². The minimum absolute atomic E-state index is 0.592. The largest absolute Gasteiger partial charge is 0.456 e. The molecule has 1 fully saturated rings. The molecule has 2 aromatic carbocycles. The van der Waals surface area contributed by atoms with Gasteiger partial charge in [-0.25, -0.2) is 4.98 Å². The van der Waals surface area contributed by atoms with Gasteiger partial charge in [-0.1, -0.05) is 37.5 Å². The molecule has 0 atom stereocenters. The van der Waals surface area contributed by atoms with Crippen LogP contribution in [0.25, 0.3) is 33.0 Å². The van der Waals surface area contributed by atoms with Gasteiger partial charge in [0.2, 0.25) is 0 Å². The molecular weight excluding hydrogens is 272 g/mol. The SMILES string of the molecule is c1ccc2c(c1)oc1ccc3nc(C4CCCCC4)[nH]c3c12. The monoisotopic (exact) mass is 290 g/mol. The van der Waals surface area contributed by atoms with E-state index in [4.69, 9.17) is 9.40 Å². The van der Waals surface area contributed by atoms with Gasteiger partial charge in [0.25, 0.3) is 0 Å². The second-order valence-corrected chi connectivity index (χ2v) is 6.39. The summed E-state index contributed by atoms with van der Waals surface area (Å²) in [6.07, 6.45) is 6.54. The number of benzene rings is 2. The summed E-state index contributed by atoms with van der Waals surface area (Å²) in [7, 11) is 0. The number of aromatic nitrogens is 2. The first-order valence-corrected chi connectivity index (χ1v) is 8.20. The maximum atomic E-state index is 5.97. The molecule has 0 bridgehead atoms. The Bertz CT molecular complexity index is 973. The number of hydrogen-bond donors (Lipinski definition) is 1. The lowest BCUT2D eigenvalue weighted by atomic mass is 9.89. The number of H-pyrrole nitrogens is 1. The first-order valence-electron chi connectivity index (χ1n) is 8.20. The summed E-state index contributed by atoms with van der Waals surface area (Å²) in [5.74, 6) is 1.75. The Morgan fingerprint density at radius 1 is 0.955 bits per heavy atom. The third kappa shape index (κ3) is 1.71. The number of furan rings is 1. The number of para-hydroxylation sites is 1. The number of nitrogens with zero attached hydrogens (tertiary/aromatic N) is 1. The average Bonchev–Trinajstić information content (AvgIpc) is 3.16. The van der Waals surface area contributed by atoms with E-state index in [0.717, 1.165) is 28.0 Å². The van der Waals surface area contributed by atoms with Gasteiger partial charge < -0.3 is 9.40 Å². The lowest BCUT2D eigenvalue weighted by molar-refractivity contribution is 0.431. The molecule has 2 heterocycles. The maximum Gasteiger partial charge on any atom is 0.137 e. The van der Waals surface area contributed by atoms with Crippen LogP contribution in [0.5, 0.6) is 0 Å². The van der Waals surface area contributed by atoms with E-state index in [1.165, 1.54) is 42.9 Å². The van der Waals surface area contributed by atoms with E-state index in [0.29, 0.717) is 5.92 Å². The molecule has 1 aliphatic carbocycles. The highest BCUT2D eigenvalue weighted by Gasteiger charge is 2.20. The lowest BCUT2D eigenvalue weighted by Gasteiger charge is -2.18. The predicted molar refractivity (Wildman–Crippen MR) is 89.2 cm³/mol. The zero-order valence-corrected chi connectivity index (χ0v) is 12.4. The van der Waals surface area contributed by atoms with Crippen LogP contribution in [0, 0.1) is 0 Å². The summed E-state index contributed by atoms with van der Waals surface area (Å²) in [6, 6.07) is 12.4. The molecule has 3 nitrogen and oxygen atoms in total. The molecule has 0 unspecified atom stereocenters. The van der Waals surface area contributed by atoms with Crippen molar-refractivity contribution in [1.29, 1.82) is 0 Å². The third-order valence-electron chi connectivity index (χ3n) is 5.01. The molecule has 3 heteroatoms. The van der Waals surface area contributed by atoms with E-state index in [2.05, 4.69) is 23.2 Å². The molecule has 0 radical (unpaired) electrons. The summed E-state index contributed by atoms with van der Waals surface area (Å²) in [5, 5.41) is 2.34. The summed E-state index contributed by atoms with van der Waals surface area (Å²) in [5.41, 5.74) is 4.06. The number of fused-ring (bicyclic) bond motifs is 5. The van der Waals surface area contributed by atoms with Gasteiger partial charge in [0.15, 0.2) is 0 Å². The van der Waals surface area contributed by atoms with Gasteiger partial charge in [0.05, 0.1) is 16.4 Å². The lowest BCUT2D eigenvalue weighted by Crippen LogP contribution is -2.05. The van der Waals surface area contributed by atoms with E-state index in [-0.39, 0.29) is 0 Å². The number of hydrogen-bond acceptors (Lipinski definition) is 2. The Labute approximate surface area is 128 Å². The molecule has 0 amide bonds. The van der Waals surface area contributed by atoms with Gasteiger partial charge in [0.1, 0.15) is 17.0 Å². The van der Waals surface area contributed by atoms with E-state index >= 15 is 0 Å². The number of rotatable bonds is 1. The zero-order valence-electron chi connectivity index (χ0n) is 12.4. The van der Waals surface area contributed by atoms with E-state index in [1.54, 1.807) is 0 Å². The number of nitrogens with one attached hydrogen (secondary N) is 1. The Morgan fingerprint density at radius 3 is 2.73 bits per heavy atom. The molecule has 0 saturated heterocycles. The van der Waals surface area contributed by atoms with Crippen LogP contribution in [0.1, 0.15) is 43.8 Å². The van der Waals surface area contributed by atoms with Crippen molar-refractivity contribution in [3.8, 4) is 0 Å². The van der Waals surface area contributed by atoms with Crippen LogP contribution in [0.3, 0.4) is 0 Å². The van der Waals surface area contributed by atoms with Gasteiger partial charge >= 0.3 is 0 Å².